The zero-order chi connectivity index (χ0) is 27.6. The Balaban J connectivity index is 1.58. The van der Waals surface area contributed by atoms with Gasteiger partial charge < -0.3 is 5.32 Å². The number of rotatable bonds is 6. The van der Waals surface area contributed by atoms with Crippen molar-refractivity contribution in [2.24, 2.45) is 0 Å². The van der Waals surface area contributed by atoms with Gasteiger partial charge in [0.2, 0.25) is 11.8 Å². The summed E-state index contributed by atoms with van der Waals surface area (Å²) in [6, 6.07) is 27.4. The molecule has 0 unspecified atom stereocenters. The van der Waals surface area contributed by atoms with Crippen molar-refractivity contribution in [1.29, 1.82) is 0 Å². The number of carbonyl (C=O) groups is 2. The lowest BCUT2D eigenvalue weighted by Crippen LogP contribution is -2.40. The van der Waals surface area contributed by atoms with E-state index in [0.717, 1.165) is 16.1 Å². The lowest BCUT2D eigenvalue weighted by molar-refractivity contribution is -0.120. The number of carbonyl (C=O) groups excluding carboxylic acids is 2. The highest BCUT2D eigenvalue weighted by Crippen LogP contribution is 2.49. The molecule has 0 aliphatic carbocycles. The van der Waals surface area contributed by atoms with E-state index in [1.54, 1.807) is 35.0 Å². The lowest BCUT2D eigenvalue weighted by Gasteiger charge is -2.23. The quantitative estimate of drug-likeness (QED) is 0.243. The number of aryl methyl sites for hydroxylation is 1. The number of halogens is 1. The summed E-state index contributed by atoms with van der Waals surface area (Å²) in [7, 11) is 0. The van der Waals surface area contributed by atoms with Crippen molar-refractivity contribution in [3.05, 3.63) is 119 Å². The first-order valence-electron chi connectivity index (χ1n) is 12.8. The molecule has 0 bridgehead atoms. The van der Waals surface area contributed by atoms with E-state index >= 15 is 4.39 Å². The summed E-state index contributed by atoms with van der Waals surface area (Å²) < 4.78 is 17.1. The SMILES string of the molecule is Cc1ccccc1-n1nc(-c2cccs2)c2c1N(CC(=O)Nc1ccccc1)C(=O)CS[C@H]2c1ccccc1F. The number of nitrogens with one attached hydrogen (secondary N) is 1. The van der Waals surface area contributed by atoms with Gasteiger partial charge >= 0.3 is 0 Å². The molecule has 6 rings (SSSR count). The summed E-state index contributed by atoms with van der Waals surface area (Å²) in [6.45, 7) is 1.76. The Morgan fingerprint density at radius 2 is 1.75 bits per heavy atom. The molecule has 5 aromatic rings. The molecule has 3 heterocycles. The highest BCUT2D eigenvalue weighted by atomic mass is 32.2. The normalized spacial score (nSPS) is 15.0. The van der Waals surface area contributed by atoms with Crippen molar-refractivity contribution < 1.29 is 14.0 Å². The van der Waals surface area contributed by atoms with E-state index in [1.165, 1.54) is 34.1 Å². The van der Waals surface area contributed by atoms with Crippen LogP contribution in [0, 0.1) is 12.7 Å². The maximum atomic E-state index is 15.3. The molecule has 0 saturated heterocycles. The zero-order valence-electron chi connectivity index (χ0n) is 21.6. The molecule has 0 saturated carbocycles. The van der Waals surface area contributed by atoms with Crippen molar-refractivity contribution in [3.63, 3.8) is 0 Å². The van der Waals surface area contributed by atoms with Gasteiger partial charge in [-0.25, -0.2) is 9.07 Å². The second-order valence-corrected chi connectivity index (χ2v) is 11.4. The van der Waals surface area contributed by atoms with Gasteiger partial charge in [0, 0.05) is 16.8 Å². The van der Waals surface area contributed by atoms with E-state index < -0.39 is 5.25 Å². The monoisotopic (exact) mass is 568 g/mol. The minimum Gasteiger partial charge on any atom is -0.325 e. The number of thiophene rings is 1. The van der Waals surface area contributed by atoms with Gasteiger partial charge in [0.1, 0.15) is 23.9 Å². The molecular weight excluding hydrogens is 543 g/mol. The number of anilines is 2. The number of thioether (sulfide) groups is 1. The van der Waals surface area contributed by atoms with E-state index in [-0.39, 0.29) is 29.9 Å². The summed E-state index contributed by atoms with van der Waals surface area (Å²) >= 11 is 2.88. The number of hydrogen-bond donors (Lipinski definition) is 1. The van der Waals surface area contributed by atoms with Crippen LogP contribution in [0.1, 0.15) is 21.9 Å². The largest absolute Gasteiger partial charge is 0.325 e. The van der Waals surface area contributed by atoms with Crippen molar-refractivity contribution in [2.45, 2.75) is 12.2 Å². The molecule has 3 aromatic carbocycles. The minimum absolute atomic E-state index is 0.0734. The summed E-state index contributed by atoms with van der Waals surface area (Å²) in [6.07, 6.45) is 0. The first kappa shape index (κ1) is 26.0. The van der Waals surface area contributed by atoms with Gasteiger partial charge in [0.25, 0.3) is 0 Å². The summed E-state index contributed by atoms with van der Waals surface area (Å²) in [5.74, 6) is -0.390. The third-order valence-electron chi connectivity index (χ3n) is 6.73. The van der Waals surface area contributed by atoms with Gasteiger partial charge in [-0.1, -0.05) is 60.7 Å². The van der Waals surface area contributed by atoms with Crippen molar-refractivity contribution in [3.8, 4) is 16.3 Å². The van der Waals surface area contributed by atoms with Crippen LogP contribution in [-0.4, -0.2) is 33.9 Å². The Morgan fingerprint density at radius 1 is 1.00 bits per heavy atom. The maximum Gasteiger partial charge on any atom is 0.244 e. The third kappa shape index (κ3) is 4.94. The Morgan fingerprint density at radius 3 is 2.50 bits per heavy atom. The average Bonchev–Trinajstić information content (AvgIpc) is 3.59. The molecule has 2 amide bonds. The Labute approximate surface area is 239 Å². The van der Waals surface area contributed by atoms with Crippen LogP contribution >= 0.6 is 23.1 Å². The second kappa shape index (κ2) is 11.1. The Hall–Kier alpha value is -4.21. The number of benzene rings is 3. The molecule has 6 nitrogen and oxygen atoms in total. The molecule has 0 radical (unpaired) electrons. The topological polar surface area (TPSA) is 67.2 Å². The van der Waals surface area contributed by atoms with Gasteiger partial charge in [0.15, 0.2) is 0 Å². The molecule has 0 spiro atoms. The fraction of sp³-hybridized carbons (Fsp3) is 0.129. The van der Waals surface area contributed by atoms with Gasteiger partial charge in [0.05, 0.1) is 21.6 Å². The van der Waals surface area contributed by atoms with Gasteiger partial charge in [-0.05, 0) is 48.2 Å². The highest BCUT2D eigenvalue weighted by molar-refractivity contribution is 8.00. The number of aromatic nitrogens is 2. The van der Waals surface area contributed by atoms with E-state index in [2.05, 4.69) is 5.32 Å². The van der Waals surface area contributed by atoms with E-state index in [9.17, 15) is 9.59 Å². The van der Waals surface area contributed by atoms with Crippen molar-refractivity contribution in [1.82, 2.24) is 9.78 Å². The van der Waals surface area contributed by atoms with Crippen LogP contribution in [0.15, 0.2) is 96.4 Å². The van der Waals surface area contributed by atoms with Crippen LogP contribution in [0.2, 0.25) is 0 Å². The predicted octanol–water partition coefficient (Wildman–Crippen LogP) is 6.86. The van der Waals surface area contributed by atoms with E-state index in [1.807, 2.05) is 66.9 Å². The molecule has 200 valence electrons. The van der Waals surface area contributed by atoms with Crippen molar-refractivity contribution >= 4 is 46.4 Å². The number of fused-ring (bicyclic) bond motifs is 1. The molecule has 1 N–H and O–H groups in total. The van der Waals surface area contributed by atoms with E-state index in [0.29, 0.717) is 28.3 Å². The molecule has 1 aliphatic heterocycles. The average molecular weight is 569 g/mol. The fourth-order valence-electron chi connectivity index (χ4n) is 4.88. The molecule has 1 atom stereocenters. The fourth-order valence-corrected chi connectivity index (χ4v) is 6.83. The van der Waals surface area contributed by atoms with Gasteiger partial charge in [-0.2, -0.15) is 5.10 Å². The summed E-state index contributed by atoms with van der Waals surface area (Å²) in [5, 5.41) is 9.39. The second-order valence-electron chi connectivity index (χ2n) is 9.37. The predicted molar refractivity (Wildman–Crippen MR) is 160 cm³/mol. The lowest BCUT2D eigenvalue weighted by atomic mass is 10.0. The van der Waals surface area contributed by atoms with Crippen LogP contribution in [0.3, 0.4) is 0 Å². The maximum absolute atomic E-state index is 15.3. The van der Waals surface area contributed by atoms with Gasteiger partial charge in [-0.3, -0.25) is 14.5 Å². The molecular formula is C31H25FN4O2S2. The number of nitrogens with zero attached hydrogens (tertiary/aromatic N) is 3. The first-order valence-corrected chi connectivity index (χ1v) is 14.7. The minimum atomic E-state index is -0.516. The number of hydrogen-bond acceptors (Lipinski definition) is 5. The highest BCUT2D eigenvalue weighted by Gasteiger charge is 2.38. The van der Waals surface area contributed by atoms with Crippen LogP contribution in [0.25, 0.3) is 16.3 Å². The molecule has 9 heteroatoms. The standard InChI is InChI=1S/C31H25FN4O2S2/c1-20-10-5-8-15-24(20)36-31-28(29(34-36)25-16-9-17-39-25)30(22-13-6-7-14-23(22)32)40-19-27(38)35(31)18-26(37)33-21-11-3-2-4-12-21/h2-17,30H,18-19H2,1H3,(H,33,37)/t30-/m0/s1. The van der Waals surface area contributed by atoms with Crippen LogP contribution < -0.4 is 10.2 Å². The van der Waals surface area contributed by atoms with Crippen LogP contribution in [-0.2, 0) is 9.59 Å². The van der Waals surface area contributed by atoms with Crippen LogP contribution in [0.4, 0.5) is 15.9 Å². The molecule has 2 aromatic heterocycles. The Kier molecular flexibility index (Phi) is 7.23. The number of amides is 2. The molecule has 1 aliphatic rings. The third-order valence-corrected chi connectivity index (χ3v) is 8.85. The van der Waals surface area contributed by atoms with E-state index in [4.69, 9.17) is 5.10 Å². The van der Waals surface area contributed by atoms with Crippen LogP contribution in [0.5, 0.6) is 0 Å². The summed E-state index contributed by atoms with van der Waals surface area (Å²) in [5.41, 5.74) is 4.21. The summed E-state index contributed by atoms with van der Waals surface area (Å²) in [4.78, 5) is 29.5. The zero-order valence-corrected chi connectivity index (χ0v) is 23.2. The molecule has 40 heavy (non-hydrogen) atoms. The molecule has 0 fully saturated rings. The van der Waals surface area contributed by atoms with Gasteiger partial charge in [-0.15, -0.1) is 23.1 Å². The first-order chi connectivity index (χ1) is 19.5. The van der Waals surface area contributed by atoms with Crippen molar-refractivity contribution in [2.75, 3.05) is 22.5 Å². The smallest absolute Gasteiger partial charge is 0.244 e. The number of para-hydroxylation sites is 2. The Bertz CT molecular complexity index is 1690.